The third-order valence-electron chi connectivity index (χ3n) is 3.06. The van der Waals surface area contributed by atoms with Crippen LogP contribution >= 0.6 is 0 Å². The Hall–Kier alpha value is -1.51. The van der Waals surface area contributed by atoms with Gasteiger partial charge in [0.25, 0.3) is 0 Å². The summed E-state index contributed by atoms with van der Waals surface area (Å²) < 4.78 is 1.98. The molecule has 0 amide bonds. The number of para-hydroxylation sites is 1. The van der Waals surface area contributed by atoms with E-state index in [9.17, 15) is 0 Å². The smallest absolute Gasteiger partial charge is 0.200 e. The fraction of sp³-hybridized carbons (Fsp3) is 0.462. The summed E-state index contributed by atoms with van der Waals surface area (Å²) in [6.45, 7) is 2.22. The molecule has 1 aromatic heterocycles. The van der Waals surface area contributed by atoms with Crippen molar-refractivity contribution >= 4 is 17.0 Å². The van der Waals surface area contributed by atoms with Crippen LogP contribution in [-0.2, 0) is 13.5 Å². The molecule has 3 nitrogen and oxygen atoms in total. The predicted octanol–water partition coefficient (Wildman–Crippen LogP) is 2.89. The molecule has 2 rings (SSSR count). The van der Waals surface area contributed by atoms with Crippen LogP contribution in [-0.4, -0.2) is 9.55 Å². The molecule has 0 saturated heterocycles. The number of hydrogen-bond acceptors (Lipinski definition) is 2. The predicted molar refractivity (Wildman–Crippen MR) is 68.4 cm³/mol. The van der Waals surface area contributed by atoms with E-state index in [0.29, 0.717) is 5.95 Å². The molecule has 0 spiro atoms. The molecule has 1 heterocycles. The number of nitrogens with two attached hydrogens (primary N) is 1. The number of nitrogen functional groups attached to an aromatic ring is 1. The number of hydrogen-bond donors (Lipinski definition) is 1. The van der Waals surface area contributed by atoms with E-state index >= 15 is 0 Å². The van der Waals surface area contributed by atoms with Gasteiger partial charge in [0.05, 0.1) is 11.0 Å². The molecular weight excluding hydrogens is 198 g/mol. The molecule has 0 aliphatic heterocycles. The molecule has 0 aliphatic rings. The lowest BCUT2D eigenvalue weighted by Crippen LogP contribution is -1.98. The summed E-state index contributed by atoms with van der Waals surface area (Å²) in [5.41, 5.74) is 9.39. The van der Waals surface area contributed by atoms with E-state index in [1.165, 1.54) is 30.3 Å². The highest BCUT2D eigenvalue weighted by Gasteiger charge is 2.08. The Kier molecular flexibility index (Phi) is 3.13. The number of aromatic nitrogens is 2. The molecule has 0 saturated carbocycles. The van der Waals surface area contributed by atoms with Gasteiger partial charge < -0.3 is 10.3 Å². The molecule has 0 aliphatic carbocycles. The highest BCUT2D eigenvalue weighted by molar-refractivity contribution is 5.81. The Morgan fingerprint density at radius 2 is 2.12 bits per heavy atom. The van der Waals surface area contributed by atoms with Crippen molar-refractivity contribution < 1.29 is 0 Å². The Bertz CT molecular complexity index is 485. The molecule has 3 heteroatoms. The maximum atomic E-state index is 5.83. The number of benzene rings is 1. The van der Waals surface area contributed by atoms with Crippen molar-refractivity contribution in [2.45, 2.75) is 32.6 Å². The van der Waals surface area contributed by atoms with E-state index in [1.54, 1.807) is 0 Å². The first-order chi connectivity index (χ1) is 7.74. The zero-order chi connectivity index (χ0) is 11.5. The Morgan fingerprint density at radius 1 is 1.31 bits per heavy atom. The Morgan fingerprint density at radius 3 is 2.88 bits per heavy atom. The van der Waals surface area contributed by atoms with Gasteiger partial charge in [-0.05, 0) is 24.5 Å². The van der Waals surface area contributed by atoms with E-state index in [4.69, 9.17) is 5.73 Å². The van der Waals surface area contributed by atoms with Gasteiger partial charge in [-0.15, -0.1) is 0 Å². The van der Waals surface area contributed by atoms with Gasteiger partial charge >= 0.3 is 0 Å². The summed E-state index contributed by atoms with van der Waals surface area (Å²) in [5, 5.41) is 0. The SMILES string of the molecule is CCCCCc1cccc2nc(N)n(C)c12. The molecule has 0 radical (unpaired) electrons. The highest BCUT2D eigenvalue weighted by Crippen LogP contribution is 2.22. The van der Waals surface area contributed by atoms with Gasteiger partial charge in [-0.3, -0.25) is 0 Å². The topological polar surface area (TPSA) is 43.8 Å². The van der Waals surface area contributed by atoms with E-state index < -0.39 is 0 Å². The Balaban J connectivity index is 2.36. The second-order valence-electron chi connectivity index (χ2n) is 4.27. The number of nitrogens with zero attached hydrogens (tertiary/aromatic N) is 2. The van der Waals surface area contributed by atoms with Gasteiger partial charge in [-0.2, -0.15) is 0 Å². The number of anilines is 1. The first kappa shape index (κ1) is 11.0. The van der Waals surface area contributed by atoms with Crippen molar-refractivity contribution in [3.05, 3.63) is 23.8 Å². The highest BCUT2D eigenvalue weighted by atomic mass is 15.1. The molecule has 0 fully saturated rings. The zero-order valence-corrected chi connectivity index (χ0v) is 10.0. The third-order valence-corrected chi connectivity index (χ3v) is 3.06. The molecule has 86 valence electrons. The van der Waals surface area contributed by atoms with Crippen molar-refractivity contribution in [1.29, 1.82) is 0 Å². The molecule has 1 aromatic carbocycles. The van der Waals surface area contributed by atoms with Crippen LogP contribution in [0.3, 0.4) is 0 Å². The van der Waals surface area contributed by atoms with Crippen molar-refractivity contribution in [3.63, 3.8) is 0 Å². The molecular formula is C13H19N3. The second-order valence-corrected chi connectivity index (χ2v) is 4.27. The second kappa shape index (κ2) is 4.56. The minimum absolute atomic E-state index is 0.595. The average Bonchev–Trinajstić information content (AvgIpc) is 2.56. The molecule has 2 aromatic rings. The molecule has 16 heavy (non-hydrogen) atoms. The maximum absolute atomic E-state index is 5.83. The van der Waals surface area contributed by atoms with E-state index in [0.717, 1.165) is 11.9 Å². The summed E-state index contributed by atoms with van der Waals surface area (Å²) in [6.07, 6.45) is 4.89. The van der Waals surface area contributed by atoms with E-state index in [-0.39, 0.29) is 0 Å². The monoisotopic (exact) mass is 217 g/mol. The summed E-state index contributed by atoms with van der Waals surface area (Å²) >= 11 is 0. The lowest BCUT2D eigenvalue weighted by atomic mass is 10.1. The zero-order valence-electron chi connectivity index (χ0n) is 10.0. The van der Waals surface area contributed by atoms with Crippen molar-refractivity contribution in [3.8, 4) is 0 Å². The van der Waals surface area contributed by atoms with E-state index in [1.807, 2.05) is 17.7 Å². The Labute approximate surface area is 96.3 Å². The van der Waals surface area contributed by atoms with Crippen LogP contribution in [0.25, 0.3) is 11.0 Å². The molecule has 2 N–H and O–H groups in total. The minimum atomic E-state index is 0.595. The fourth-order valence-corrected chi connectivity index (χ4v) is 2.14. The summed E-state index contributed by atoms with van der Waals surface area (Å²) in [6, 6.07) is 6.27. The summed E-state index contributed by atoms with van der Waals surface area (Å²) in [4.78, 5) is 4.34. The lowest BCUT2D eigenvalue weighted by molar-refractivity contribution is 0.718. The van der Waals surface area contributed by atoms with Crippen molar-refractivity contribution in [1.82, 2.24) is 9.55 Å². The number of imidazole rings is 1. The minimum Gasteiger partial charge on any atom is -0.369 e. The van der Waals surface area contributed by atoms with Gasteiger partial charge in [-0.1, -0.05) is 31.9 Å². The van der Waals surface area contributed by atoms with Crippen LogP contribution in [0, 0.1) is 0 Å². The maximum Gasteiger partial charge on any atom is 0.200 e. The van der Waals surface area contributed by atoms with Crippen LogP contribution in [0.1, 0.15) is 31.7 Å². The van der Waals surface area contributed by atoms with Crippen LogP contribution in [0.5, 0.6) is 0 Å². The quantitative estimate of drug-likeness (QED) is 0.800. The van der Waals surface area contributed by atoms with Crippen LogP contribution in [0.2, 0.25) is 0 Å². The standard InChI is InChI=1S/C13H19N3/c1-3-4-5-7-10-8-6-9-11-12(10)16(2)13(14)15-11/h6,8-9H,3-5,7H2,1-2H3,(H2,14,15). The summed E-state index contributed by atoms with van der Waals surface area (Å²) in [5.74, 6) is 0.595. The van der Waals surface area contributed by atoms with Crippen LogP contribution in [0.4, 0.5) is 5.95 Å². The van der Waals surface area contributed by atoms with Gasteiger partial charge in [0.1, 0.15) is 0 Å². The van der Waals surface area contributed by atoms with Crippen molar-refractivity contribution in [2.75, 3.05) is 5.73 Å². The van der Waals surface area contributed by atoms with Crippen LogP contribution in [0.15, 0.2) is 18.2 Å². The average molecular weight is 217 g/mol. The van der Waals surface area contributed by atoms with Gasteiger partial charge in [0, 0.05) is 7.05 Å². The molecule has 0 unspecified atom stereocenters. The van der Waals surface area contributed by atoms with E-state index in [2.05, 4.69) is 24.0 Å². The number of rotatable bonds is 4. The number of aryl methyl sites for hydroxylation is 2. The lowest BCUT2D eigenvalue weighted by Gasteiger charge is -2.05. The van der Waals surface area contributed by atoms with Gasteiger partial charge in [0.15, 0.2) is 0 Å². The third kappa shape index (κ3) is 1.90. The molecule has 0 bridgehead atoms. The fourth-order valence-electron chi connectivity index (χ4n) is 2.14. The summed E-state index contributed by atoms with van der Waals surface area (Å²) in [7, 11) is 1.98. The molecule has 0 atom stereocenters. The van der Waals surface area contributed by atoms with Crippen LogP contribution < -0.4 is 5.73 Å². The first-order valence-electron chi connectivity index (χ1n) is 5.93. The van der Waals surface area contributed by atoms with Gasteiger partial charge in [0.2, 0.25) is 5.95 Å². The largest absolute Gasteiger partial charge is 0.369 e. The van der Waals surface area contributed by atoms with Crippen molar-refractivity contribution in [2.24, 2.45) is 7.05 Å². The van der Waals surface area contributed by atoms with Gasteiger partial charge in [-0.25, -0.2) is 4.98 Å². The number of unbranched alkanes of at least 4 members (excludes halogenated alkanes) is 2. The normalized spacial score (nSPS) is 11.1. The first-order valence-corrected chi connectivity index (χ1v) is 5.93. The number of fused-ring (bicyclic) bond motifs is 1.